The molecule has 1 saturated heterocycles. The third-order valence-electron chi connectivity index (χ3n) is 6.56. The van der Waals surface area contributed by atoms with Gasteiger partial charge in [0.25, 0.3) is 11.5 Å². The van der Waals surface area contributed by atoms with Crippen molar-refractivity contribution in [1.29, 1.82) is 5.26 Å². The number of H-pyrrole nitrogens is 1. The van der Waals surface area contributed by atoms with Crippen molar-refractivity contribution in [2.45, 2.75) is 38.2 Å². The van der Waals surface area contributed by atoms with E-state index in [1.54, 1.807) is 30.2 Å². The Balaban J connectivity index is 1.38. The lowest BCUT2D eigenvalue weighted by atomic mass is 9.77. The van der Waals surface area contributed by atoms with E-state index in [1.165, 1.54) is 15.4 Å². The number of nitrogens with one attached hydrogen (secondary N) is 1. The van der Waals surface area contributed by atoms with E-state index in [2.05, 4.69) is 21.3 Å². The lowest BCUT2D eigenvalue weighted by Crippen LogP contribution is -2.51. The highest BCUT2D eigenvalue weighted by Gasteiger charge is 2.60. The van der Waals surface area contributed by atoms with Crippen LogP contribution in [0.2, 0.25) is 0 Å². The van der Waals surface area contributed by atoms with Crippen molar-refractivity contribution in [2.24, 2.45) is 5.41 Å². The first kappa shape index (κ1) is 18.6. The Hall–Kier alpha value is -3.45. The van der Waals surface area contributed by atoms with Crippen molar-refractivity contribution in [3.05, 3.63) is 46.1 Å². The van der Waals surface area contributed by atoms with Crippen LogP contribution >= 0.6 is 0 Å². The molecule has 2 fully saturated rings. The van der Waals surface area contributed by atoms with Gasteiger partial charge in [-0.2, -0.15) is 10.4 Å². The van der Waals surface area contributed by atoms with Crippen molar-refractivity contribution >= 4 is 11.4 Å². The number of amides is 1. The number of piperidine rings is 1. The van der Waals surface area contributed by atoms with Gasteiger partial charge in [-0.25, -0.2) is 9.20 Å². The number of nitriles is 1. The minimum atomic E-state index is -1.02. The highest BCUT2D eigenvalue weighted by Crippen LogP contribution is 2.57. The Labute approximate surface area is 171 Å². The number of carbonyl (C=O) groups is 1. The van der Waals surface area contributed by atoms with Crippen LogP contribution in [0.25, 0.3) is 11.5 Å². The van der Waals surface area contributed by atoms with Crippen LogP contribution in [0.15, 0.2) is 29.3 Å². The number of fused-ring (bicyclic) bond motifs is 1. The normalized spacial score (nSPS) is 19.6. The summed E-state index contributed by atoms with van der Waals surface area (Å²) in [6, 6.07) is 5.67. The zero-order chi connectivity index (χ0) is 21.1. The molecule has 1 saturated carbocycles. The first-order valence-electron chi connectivity index (χ1n) is 9.93. The molecule has 30 heavy (non-hydrogen) atoms. The molecule has 0 radical (unpaired) electrons. The second-order valence-corrected chi connectivity index (χ2v) is 8.19. The summed E-state index contributed by atoms with van der Waals surface area (Å²) in [6.45, 7) is 2.51. The Kier molecular flexibility index (Phi) is 3.88. The predicted octanol–water partition coefficient (Wildman–Crippen LogP) is 0.788. The molecule has 0 unspecified atom stereocenters. The fourth-order valence-corrected chi connectivity index (χ4v) is 4.40. The van der Waals surface area contributed by atoms with Crippen molar-refractivity contribution in [3.63, 3.8) is 0 Å². The lowest BCUT2D eigenvalue weighted by Gasteiger charge is -2.41. The number of aromatic nitrogens is 5. The van der Waals surface area contributed by atoms with Crippen LogP contribution in [0.5, 0.6) is 0 Å². The van der Waals surface area contributed by atoms with Gasteiger partial charge in [-0.3, -0.25) is 14.6 Å². The summed E-state index contributed by atoms with van der Waals surface area (Å²) in [6.07, 6.45) is 5.35. The number of likely N-dealkylation sites (tertiary alicyclic amines) is 1. The van der Waals surface area contributed by atoms with Crippen LogP contribution in [-0.4, -0.2) is 59.0 Å². The molecule has 0 atom stereocenters. The van der Waals surface area contributed by atoms with Gasteiger partial charge in [0.1, 0.15) is 5.52 Å². The maximum absolute atomic E-state index is 13.1. The van der Waals surface area contributed by atoms with E-state index in [-0.39, 0.29) is 17.4 Å². The van der Waals surface area contributed by atoms with Gasteiger partial charge in [-0.15, -0.1) is 5.10 Å². The Morgan fingerprint density at radius 1 is 1.30 bits per heavy atom. The van der Waals surface area contributed by atoms with Crippen LogP contribution in [0.1, 0.15) is 41.7 Å². The largest absolute Gasteiger partial charge is 0.388 e. The first-order valence-corrected chi connectivity index (χ1v) is 9.93. The predicted molar refractivity (Wildman–Crippen MR) is 105 cm³/mol. The van der Waals surface area contributed by atoms with Crippen molar-refractivity contribution in [3.8, 4) is 12.0 Å². The number of hydrogen-bond acceptors (Lipinski definition) is 6. The van der Waals surface area contributed by atoms with E-state index >= 15 is 0 Å². The van der Waals surface area contributed by atoms with Gasteiger partial charge in [0, 0.05) is 19.3 Å². The summed E-state index contributed by atoms with van der Waals surface area (Å²) in [4.78, 5) is 29.7. The molecule has 1 aliphatic heterocycles. The third kappa shape index (κ3) is 2.59. The summed E-state index contributed by atoms with van der Waals surface area (Å²) in [5.41, 5.74) is -0.561. The molecule has 10 heteroatoms. The van der Waals surface area contributed by atoms with Crippen LogP contribution in [0.3, 0.4) is 0 Å². The van der Waals surface area contributed by atoms with E-state index in [4.69, 9.17) is 0 Å². The van der Waals surface area contributed by atoms with Gasteiger partial charge in [-0.1, -0.05) is 0 Å². The van der Waals surface area contributed by atoms with Gasteiger partial charge in [0.05, 0.1) is 34.5 Å². The molecule has 4 heterocycles. The van der Waals surface area contributed by atoms with Gasteiger partial charge in [0.2, 0.25) is 5.95 Å². The molecular weight excluding hydrogens is 386 g/mol. The third-order valence-corrected chi connectivity index (χ3v) is 6.56. The summed E-state index contributed by atoms with van der Waals surface area (Å²) in [5, 5.41) is 28.9. The molecule has 10 nitrogen and oxygen atoms in total. The monoisotopic (exact) mass is 407 g/mol. The summed E-state index contributed by atoms with van der Waals surface area (Å²) in [7, 11) is 0. The number of aliphatic hydroxyl groups is 1. The minimum Gasteiger partial charge on any atom is -0.388 e. The van der Waals surface area contributed by atoms with Gasteiger partial charge >= 0.3 is 0 Å². The fourth-order valence-electron chi connectivity index (χ4n) is 4.40. The van der Waals surface area contributed by atoms with E-state index in [9.17, 15) is 20.0 Å². The molecular formula is C20H21N7O3. The summed E-state index contributed by atoms with van der Waals surface area (Å²) in [5.74, 6) is 0.0324. The Bertz CT molecular complexity index is 1250. The molecule has 1 amide bonds. The van der Waals surface area contributed by atoms with E-state index in [1.807, 2.05) is 0 Å². The molecule has 3 aromatic rings. The number of aromatic amines is 1. The number of nitrogens with zero attached hydrogens (tertiary/aromatic N) is 6. The molecule has 2 N–H and O–H groups in total. The quantitative estimate of drug-likeness (QED) is 0.660. The van der Waals surface area contributed by atoms with Crippen LogP contribution in [0, 0.1) is 23.7 Å². The van der Waals surface area contributed by atoms with Gasteiger partial charge in [-0.05, 0) is 44.7 Å². The first-order chi connectivity index (χ1) is 14.4. The SMILES string of the molecule is Cc1c(C(=O)N2CCC(O)(C3(C#N)CC3)CC2)cnn1-c1nn2cccc2c(=O)[nH]1. The molecule has 154 valence electrons. The topological polar surface area (TPSA) is 132 Å². The van der Waals surface area contributed by atoms with Gasteiger partial charge < -0.3 is 10.0 Å². The average molecular weight is 407 g/mol. The fraction of sp³-hybridized carbons (Fsp3) is 0.450. The average Bonchev–Trinajstić information content (AvgIpc) is 3.25. The summed E-state index contributed by atoms with van der Waals surface area (Å²) >= 11 is 0. The maximum atomic E-state index is 13.1. The zero-order valence-electron chi connectivity index (χ0n) is 16.5. The highest BCUT2D eigenvalue weighted by atomic mass is 16.3. The summed E-state index contributed by atoms with van der Waals surface area (Å²) < 4.78 is 2.90. The molecule has 5 rings (SSSR count). The molecule has 1 aliphatic carbocycles. The maximum Gasteiger partial charge on any atom is 0.276 e. The molecule has 2 aliphatic rings. The number of rotatable bonds is 3. The van der Waals surface area contributed by atoms with E-state index in [0.29, 0.717) is 42.7 Å². The van der Waals surface area contributed by atoms with Crippen molar-refractivity contribution in [2.75, 3.05) is 13.1 Å². The molecule has 0 spiro atoms. The van der Waals surface area contributed by atoms with Crippen molar-refractivity contribution < 1.29 is 9.90 Å². The zero-order valence-corrected chi connectivity index (χ0v) is 16.5. The van der Waals surface area contributed by atoms with E-state index in [0.717, 1.165) is 12.8 Å². The molecule has 3 aromatic heterocycles. The highest BCUT2D eigenvalue weighted by molar-refractivity contribution is 5.95. The smallest absolute Gasteiger partial charge is 0.276 e. The Morgan fingerprint density at radius 2 is 2.03 bits per heavy atom. The molecule has 0 aromatic carbocycles. The van der Waals surface area contributed by atoms with E-state index < -0.39 is 11.0 Å². The number of carbonyl (C=O) groups excluding carboxylic acids is 1. The number of hydrogen-bond donors (Lipinski definition) is 2. The van der Waals surface area contributed by atoms with Crippen LogP contribution < -0.4 is 5.56 Å². The standard InChI is InChI=1S/C20H21N7O3/c1-13-14(11-22-27(13)18-23-16(28)15-3-2-8-26(15)24-18)17(29)25-9-6-20(30,7-10-25)19(12-21)4-5-19/h2-3,8,11,30H,4-7,9-10H2,1H3,(H,23,24,28). The lowest BCUT2D eigenvalue weighted by molar-refractivity contribution is -0.0553. The molecule has 0 bridgehead atoms. The van der Waals surface area contributed by atoms with Crippen LogP contribution in [-0.2, 0) is 0 Å². The van der Waals surface area contributed by atoms with Crippen molar-refractivity contribution in [1.82, 2.24) is 29.3 Å². The van der Waals surface area contributed by atoms with Crippen LogP contribution in [0.4, 0.5) is 0 Å². The Morgan fingerprint density at radius 3 is 2.70 bits per heavy atom. The second-order valence-electron chi connectivity index (χ2n) is 8.19. The minimum absolute atomic E-state index is 0.188. The van der Waals surface area contributed by atoms with Gasteiger partial charge in [0.15, 0.2) is 0 Å². The second kappa shape index (κ2) is 6.27.